The van der Waals surface area contributed by atoms with E-state index in [0.29, 0.717) is 12.8 Å². The zero-order chi connectivity index (χ0) is 13.0. The van der Waals surface area contributed by atoms with E-state index in [2.05, 4.69) is 14.7 Å². The van der Waals surface area contributed by atoms with E-state index < -0.39 is 0 Å². The average Bonchev–Trinajstić information content (AvgIpc) is 2.84. The van der Waals surface area contributed by atoms with Crippen LogP contribution in [0.3, 0.4) is 0 Å². The Balaban J connectivity index is 2.08. The average molecular weight is 262 g/mol. The summed E-state index contributed by atoms with van der Waals surface area (Å²) in [5.41, 5.74) is 2.76. The van der Waals surface area contributed by atoms with Crippen LogP contribution in [0.25, 0.3) is 10.7 Å². The van der Waals surface area contributed by atoms with Crippen LogP contribution in [-0.4, -0.2) is 23.0 Å². The number of ether oxygens (including phenoxy) is 1. The highest BCUT2D eigenvalue weighted by Crippen LogP contribution is 2.22. The molecule has 2 heterocycles. The molecular formula is C13H14N2O2S. The van der Waals surface area contributed by atoms with E-state index in [4.69, 9.17) is 0 Å². The largest absolute Gasteiger partial charge is 0.469 e. The number of pyridine rings is 1. The predicted octanol–water partition coefficient (Wildman–Crippen LogP) is 2.62. The van der Waals surface area contributed by atoms with Gasteiger partial charge in [0.25, 0.3) is 0 Å². The molecule has 0 aliphatic rings. The van der Waals surface area contributed by atoms with E-state index in [1.807, 2.05) is 30.5 Å². The molecule has 0 spiro atoms. The number of aromatic nitrogens is 2. The van der Waals surface area contributed by atoms with Crippen molar-refractivity contribution < 1.29 is 9.53 Å². The highest BCUT2D eigenvalue weighted by atomic mass is 32.1. The first kappa shape index (κ1) is 12.7. The molecule has 0 N–H and O–H groups in total. The first-order valence-corrected chi connectivity index (χ1v) is 6.52. The third-order valence-electron chi connectivity index (χ3n) is 2.47. The number of carbonyl (C=O) groups excluding carboxylic acids is 1. The van der Waals surface area contributed by atoms with Crippen molar-refractivity contribution in [1.29, 1.82) is 0 Å². The van der Waals surface area contributed by atoms with Gasteiger partial charge in [0, 0.05) is 17.5 Å². The lowest BCUT2D eigenvalue weighted by atomic mass is 10.2. The monoisotopic (exact) mass is 262 g/mol. The molecule has 0 atom stereocenters. The van der Waals surface area contributed by atoms with Crippen LogP contribution in [-0.2, 0) is 16.0 Å². The molecular weight excluding hydrogens is 248 g/mol. The van der Waals surface area contributed by atoms with Crippen LogP contribution in [0.4, 0.5) is 0 Å². The summed E-state index contributed by atoms with van der Waals surface area (Å²) >= 11 is 1.54. The quantitative estimate of drug-likeness (QED) is 0.795. The second-order valence-corrected chi connectivity index (χ2v) is 4.74. The lowest BCUT2D eigenvalue weighted by Gasteiger charge is -1.97. The fourth-order valence-electron chi connectivity index (χ4n) is 1.53. The molecule has 2 rings (SSSR count). The minimum atomic E-state index is -0.210. The fraction of sp³-hybridized carbons (Fsp3) is 0.308. The maximum atomic E-state index is 11.0. The van der Waals surface area contributed by atoms with Gasteiger partial charge in [-0.3, -0.25) is 9.78 Å². The van der Waals surface area contributed by atoms with E-state index in [0.717, 1.165) is 22.1 Å². The van der Waals surface area contributed by atoms with E-state index in [1.54, 1.807) is 11.3 Å². The van der Waals surface area contributed by atoms with E-state index in [-0.39, 0.29) is 5.97 Å². The molecule has 0 fully saturated rings. The highest BCUT2D eigenvalue weighted by molar-refractivity contribution is 7.13. The molecule has 2 aromatic rings. The van der Waals surface area contributed by atoms with Gasteiger partial charge in [0.15, 0.2) is 0 Å². The van der Waals surface area contributed by atoms with Crippen molar-refractivity contribution in [1.82, 2.24) is 9.97 Å². The minimum absolute atomic E-state index is 0.210. The van der Waals surface area contributed by atoms with Gasteiger partial charge in [-0.05, 0) is 19.1 Å². The van der Waals surface area contributed by atoms with Gasteiger partial charge in [0.05, 0.1) is 24.9 Å². The fourth-order valence-corrected chi connectivity index (χ4v) is 2.36. The molecule has 5 heteroatoms. The van der Waals surface area contributed by atoms with Crippen LogP contribution >= 0.6 is 11.3 Å². The Hall–Kier alpha value is -1.75. The highest BCUT2D eigenvalue weighted by Gasteiger charge is 2.08. The summed E-state index contributed by atoms with van der Waals surface area (Å²) < 4.78 is 4.60. The number of rotatable bonds is 4. The summed E-state index contributed by atoms with van der Waals surface area (Å²) in [5, 5.41) is 2.85. The number of methoxy groups -OCH3 is 1. The molecule has 18 heavy (non-hydrogen) atoms. The van der Waals surface area contributed by atoms with Gasteiger partial charge in [0.1, 0.15) is 5.01 Å². The van der Waals surface area contributed by atoms with Crippen LogP contribution in [0.5, 0.6) is 0 Å². The minimum Gasteiger partial charge on any atom is -0.469 e. The van der Waals surface area contributed by atoms with E-state index in [1.165, 1.54) is 7.11 Å². The Morgan fingerprint density at radius 1 is 1.39 bits per heavy atom. The molecule has 0 aliphatic heterocycles. The third kappa shape index (κ3) is 3.13. The maximum Gasteiger partial charge on any atom is 0.305 e. The Labute approximate surface area is 110 Å². The number of esters is 1. The van der Waals surface area contributed by atoms with Crippen LogP contribution in [0, 0.1) is 6.92 Å². The SMILES string of the molecule is COC(=O)CCc1csc(-c2cccc(C)n2)n1. The van der Waals surface area contributed by atoms with Gasteiger partial charge in [-0.1, -0.05) is 6.07 Å². The molecule has 0 saturated carbocycles. The van der Waals surface area contributed by atoms with Crippen molar-refractivity contribution >= 4 is 17.3 Å². The molecule has 0 bridgehead atoms. The Bertz CT molecular complexity index is 551. The topological polar surface area (TPSA) is 52.1 Å². The lowest BCUT2D eigenvalue weighted by molar-refractivity contribution is -0.140. The Morgan fingerprint density at radius 2 is 2.22 bits per heavy atom. The summed E-state index contributed by atoms with van der Waals surface area (Å²) in [6.07, 6.45) is 0.968. The van der Waals surface area contributed by atoms with Crippen molar-refractivity contribution in [3.63, 3.8) is 0 Å². The molecule has 2 aromatic heterocycles. The van der Waals surface area contributed by atoms with Crippen molar-refractivity contribution in [2.75, 3.05) is 7.11 Å². The van der Waals surface area contributed by atoms with Crippen LogP contribution in [0.2, 0.25) is 0 Å². The molecule has 0 radical (unpaired) electrons. The summed E-state index contributed by atoms with van der Waals surface area (Å²) in [7, 11) is 1.39. The van der Waals surface area contributed by atoms with Crippen molar-refractivity contribution in [3.8, 4) is 10.7 Å². The van der Waals surface area contributed by atoms with Gasteiger partial charge in [-0.2, -0.15) is 0 Å². The summed E-state index contributed by atoms with van der Waals surface area (Å²) in [6, 6.07) is 5.86. The van der Waals surface area contributed by atoms with Gasteiger partial charge in [-0.25, -0.2) is 4.98 Å². The molecule has 0 saturated heterocycles. The second kappa shape index (κ2) is 5.73. The van der Waals surface area contributed by atoms with E-state index in [9.17, 15) is 4.79 Å². The standard InChI is InChI=1S/C13H14N2O2S/c1-9-4-3-5-11(14-9)13-15-10(8-18-13)6-7-12(16)17-2/h3-5,8H,6-7H2,1-2H3. The van der Waals surface area contributed by atoms with Crippen molar-refractivity contribution in [2.45, 2.75) is 19.8 Å². The number of hydrogen-bond acceptors (Lipinski definition) is 5. The Kier molecular flexibility index (Phi) is 4.04. The smallest absolute Gasteiger partial charge is 0.305 e. The summed E-state index contributed by atoms with van der Waals surface area (Å²) in [5.74, 6) is -0.210. The number of thiazole rings is 1. The van der Waals surface area contributed by atoms with Crippen molar-refractivity contribution in [2.24, 2.45) is 0 Å². The molecule has 0 unspecified atom stereocenters. The van der Waals surface area contributed by atoms with E-state index >= 15 is 0 Å². The number of carbonyl (C=O) groups is 1. The van der Waals surface area contributed by atoms with Gasteiger partial charge >= 0.3 is 5.97 Å². The summed E-state index contributed by atoms with van der Waals surface area (Å²) in [6.45, 7) is 1.95. The zero-order valence-electron chi connectivity index (χ0n) is 10.3. The predicted molar refractivity (Wildman–Crippen MR) is 70.4 cm³/mol. The van der Waals surface area contributed by atoms with Crippen molar-refractivity contribution in [3.05, 3.63) is 35.0 Å². The van der Waals surface area contributed by atoms with Crippen LogP contribution in [0.15, 0.2) is 23.6 Å². The number of nitrogens with zero attached hydrogens (tertiary/aromatic N) is 2. The Morgan fingerprint density at radius 3 is 2.94 bits per heavy atom. The summed E-state index contributed by atoms with van der Waals surface area (Å²) in [4.78, 5) is 19.9. The second-order valence-electron chi connectivity index (χ2n) is 3.88. The first-order chi connectivity index (χ1) is 8.69. The normalized spacial score (nSPS) is 10.3. The third-order valence-corrected chi connectivity index (χ3v) is 3.39. The number of hydrogen-bond donors (Lipinski definition) is 0. The molecule has 0 amide bonds. The van der Waals surface area contributed by atoms with Gasteiger partial charge < -0.3 is 4.74 Å². The number of aryl methyl sites for hydroxylation is 2. The van der Waals surface area contributed by atoms with Crippen LogP contribution in [0.1, 0.15) is 17.8 Å². The van der Waals surface area contributed by atoms with Crippen LogP contribution < -0.4 is 0 Å². The first-order valence-electron chi connectivity index (χ1n) is 5.64. The maximum absolute atomic E-state index is 11.0. The zero-order valence-corrected chi connectivity index (χ0v) is 11.2. The molecule has 94 valence electrons. The van der Waals surface area contributed by atoms with Gasteiger partial charge in [-0.15, -0.1) is 11.3 Å². The molecule has 0 aliphatic carbocycles. The molecule has 0 aromatic carbocycles. The molecule has 4 nitrogen and oxygen atoms in total. The van der Waals surface area contributed by atoms with Gasteiger partial charge in [0.2, 0.25) is 0 Å². The lowest BCUT2D eigenvalue weighted by Crippen LogP contribution is -2.01.